The summed E-state index contributed by atoms with van der Waals surface area (Å²) >= 11 is 1.11. The Morgan fingerprint density at radius 3 is 2.00 bits per heavy atom. The van der Waals surface area contributed by atoms with Crippen molar-refractivity contribution in [1.29, 1.82) is 0 Å². The van der Waals surface area contributed by atoms with E-state index in [4.69, 9.17) is 10.2 Å². The van der Waals surface area contributed by atoms with Crippen LogP contribution >= 0.6 is 11.3 Å². The van der Waals surface area contributed by atoms with Crippen LogP contribution in [0.2, 0.25) is 0 Å². The molecular formula is C7H7N3O2S. The summed E-state index contributed by atoms with van der Waals surface area (Å²) in [6.07, 6.45) is 3.15. The molecule has 6 heteroatoms. The lowest BCUT2D eigenvalue weighted by molar-refractivity contribution is 0.415. The van der Waals surface area contributed by atoms with E-state index in [1.54, 1.807) is 23.8 Å². The highest BCUT2D eigenvalue weighted by Crippen LogP contribution is 2.29. The highest BCUT2D eigenvalue weighted by molar-refractivity contribution is 7.12. The zero-order valence-electron chi connectivity index (χ0n) is 6.53. The molecule has 0 aliphatic carbocycles. The first kappa shape index (κ1) is 9.40. The molecule has 0 bridgehead atoms. The molecule has 13 heavy (non-hydrogen) atoms. The second-order valence-corrected chi connectivity index (χ2v) is 2.82. The fourth-order valence-electron chi connectivity index (χ4n) is 0.499. The molecule has 0 aliphatic rings. The molecule has 0 aliphatic heterocycles. The second-order valence-electron chi connectivity index (χ2n) is 1.92. The largest absolute Gasteiger partial charge is 0.504 e. The number of nitrogens with zero attached hydrogens (tertiary/aromatic N) is 3. The Bertz CT molecular complexity index is 295. The molecule has 0 atom stereocenters. The van der Waals surface area contributed by atoms with E-state index in [-0.39, 0.29) is 10.8 Å². The fourth-order valence-corrected chi connectivity index (χ4v) is 1.01. The maximum atomic E-state index is 8.53. The smallest absolute Gasteiger partial charge is 0.214 e. The van der Waals surface area contributed by atoms with Gasteiger partial charge in [0.25, 0.3) is 0 Å². The highest BCUT2D eigenvalue weighted by atomic mass is 32.1. The first-order valence-corrected chi connectivity index (χ1v) is 4.22. The third-order valence-electron chi connectivity index (χ3n) is 1.03. The van der Waals surface area contributed by atoms with Gasteiger partial charge in [0.1, 0.15) is 0 Å². The number of aromatic nitrogens is 3. The summed E-state index contributed by atoms with van der Waals surface area (Å²) in [5, 5.41) is 28.8. The summed E-state index contributed by atoms with van der Waals surface area (Å²) in [6.45, 7) is 0. The summed E-state index contributed by atoms with van der Waals surface area (Å²) in [5.74, 6) is -0.0370. The van der Waals surface area contributed by atoms with Crippen LogP contribution in [-0.4, -0.2) is 25.6 Å². The molecule has 0 amide bonds. The average molecular weight is 197 g/mol. The zero-order valence-corrected chi connectivity index (χ0v) is 7.35. The van der Waals surface area contributed by atoms with E-state index in [0.717, 1.165) is 11.3 Å². The van der Waals surface area contributed by atoms with Gasteiger partial charge in [-0.15, -0.1) is 21.5 Å². The van der Waals surface area contributed by atoms with Crippen LogP contribution in [0.15, 0.2) is 29.9 Å². The third-order valence-corrected chi connectivity index (χ3v) is 1.74. The second kappa shape index (κ2) is 5.04. The molecule has 0 saturated carbocycles. The number of hydrogen-bond acceptors (Lipinski definition) is 6. The van der Waals surface area contributed by atoms with E-state index < -0.39 is 0 Å². The third kappa shape index (κ3) is 3.48. The zero-order chi connectivity index (χ0) is 9.52. The molecule has 2 rings (SSSR count). The lowest BCUT2D eigenvalue weighted by Crippen LogP contribution is -1.78. The van der Waals surface area contributed by atoms with Gasteiger partial charge in [0, 0.05) is 0 Å². The summed E-state index contributed by atoms with van der Waals surface area (Å²) in [6, 6.07) is 3.16. The van der Waals surface area contributed by atoms with Crippen molar-refractivity contribution in [2.24, 2.45) is 0 Å². The van der Waals surface area contributed by atoms with E-state index >= 15 is 0 Å². The van der Waals surface area contributed by atoms with Crippen LogP contribution in [0.5, 0.6) is 10.8 Å². The van der Waals surface area contributed by atoms with Gasteiger partial charge < -0.3 is 10.2 Å². The molecule has 2 aromatic rings. The van der Waals surface area contributed by atoms with Crippen LogP contribution in [0.1, 0.15) is 0 Å². The summed E-state index contributed by atoms with van der Waals surface area (Å²) in [7, 11) is 0. The van der Waals surface area contributed by atoms with Crippen molar-refractivity contribution >= 4 is 11.3 Å². The van der Waals surface area contributed by atoms with Gasteiger partial charge in [-0.1, -0.05) is 0 Å². The van der Waals surface area contributed by atoms with Crippen molar-refractivity contribution in [3.05, 3.63) is 29.9 Å². The number of rotatable bonds is 0. The fraction of sp³-hybridized carbons (Fsp3) is 0. The van der Waals surface area contributed by atoms with Gasteiger partial charge in [0.05, 0.1) is 12.4 Å². The van der Waals surface area contributed by atoms with Crippen molar-refractivity contribution in [3.8, 4) is 10.8 Å². The van der Waals surface area contributed by atoms with Crippen LogP contribution in [0, 0.1) is 0 Å². The maximum Gasteiger partial charge on any atom is 0.214 e. The Labute approximate surface area is 78.3 Å². The molecule has 2 N–H and O–H groups in total. The molecule has 5 nitrogen and oxygen atoms in total. The van der Waals surface area contributed by atoms with Crippen molar-refractivity contribution in [2.75, 3.05) is 0 Å². The van der Waals surface area contributed by atoms with Gasteiger partial charge in [-0.2, -0.15) is 0 Å². The van der Waals surface area contributed by atoms with E-state index in [0.29, 0.717) is 0 Å². The minimum atomic E-state index is -0.0370. The van der Waals surface area contributed by atoms with E-state index in [9.17, 15) is 0 Å². The molecule has 0 spiro atoms. The molecule has 2 heterocycles. The SMILES string of the molecule is Oc1ccsc1O.c1cnnnc1. The van der Waals surface area contributed by atoms with Crippen LogP contribution in [0.3, 0.4) is 0 Å². The lowest BCUT2D eigenvalue weighted by atomic mass is 10.6. The lowest BCUT2D eigenvalue weighted by Gasteiger charge is -1.79. The molecular weight excluding hydrogens is 190 g/mol. The van der Waals surface area contributed by atoms with Gasteiger partial charge in [-0.25, -0.2) is 0 Å². The molecule has 0 fully saturated rings. The molecule has 2 aromatic heterocycles. The topological polar surface area (TPSA) is 79.1 Å². The molecule has 0 saturated heterocycles. The molecule has 0 unspecified atom stereocenters. The van der Waals surface area contributed by atoms with Crippen molar-refractivity contribution in [2.45, 2.75) is 0 Å². The number of aromatic hydroxyl groups is 2. The molecule has 68 valence electrons. The normalized spacial score (nSPS) is 8.62. The van der Waals surface area contributed by atoms with Crippen LogP contribution in [-0.2, 0) is 0 Å². The Morgan fingerprint density at radius 1 is 1.15 bits per heavy atom. The van der Waals surface area contributed by atoms with Gasteiger partial charge >= 0.3 is 0 Å². The predicted octanol–water partition coefficient (Wildman–Crippen LogP) is 1.03. The standard InChI is InChI=1S/C4H4O2S.C3H3N3/c5-3-1-2-7-4(3)6;1-2-4-6-5-3-1/h1-2,5-6H;1-3H. The van der Waals surface area contributed by atoms with Gasteiger partial charge in [0.15, 0.2) is 5.75 Å². The van der Waals surface area contributed by atoms with Crippen LogP contribution < -0.4 is 0 Å². The van der Waals surface area contributed by atoms with E-state index in [2.05, 4.69) is 15.4 Å². The van der Waals surface area contributed by atoms with Crippen molar-refractivity contribution in [1.82, 2.24) is 15.4 Å². The Balaban J connectivity index is 0.000000132. The highest BCUT2D eigenvalue weighted by Gasteiger charge is 1.94. The average Bonchev–Trinajstić information content (AvgIpc) is 2.55. The quantitative estimate of drug-likeness (QED) is 0.659. The first-order valence-electron chi connectivity index (χ1n) is 3.34. The Hall–Kier alpha value is -1.69. The van der Waals surface area contributed by atoms with Gasteiger partial charge in [-0.05, 0) is 22.7 Å². The number of thiophene rings is 1. The van der Waals surface area contributed by atoms with Gasteiger partial charge in [0.2, 0.25) is 5.06 Å². The van der Waals surface area contributed by atoms with Crippen molar-refractivity contribution in [3.63, 3.8) is 0 Å². The predicted molar refractivity (Wildman–Crippen MR) is 47.5 cm³/mol. The summed E-state index contributed by atoms with van der Waals surface area (Å²) in [5.41, 5.74) is 0. The van der Waals surface area contributed by atoms with Crippen LogP contribution in [0.4, 0.5) is 0 Å². The van der Waals surface area contributed by atoms with Crippen LogP contribution in [0.25, 0.3) is 0 Å². The van der Waals surface area contributed by atoms with Gasteiger partial charge in [-0.3, -0.25) is 0 Å². The minimum absolute atomic E-state index is 0.0139. The van der Waals surface area contributed by atoms with E-state index in [1.165, 1.54) is 6.07 Å². The summed E-state index contributed by atoms with van der Waals surface area (Å²) in [4.78, 5) is 0. The summed E-state index contributed by atoms with van der Waals surface area (Å²) < 4.78 is 0. The molecule has 0 radical (unpaired) electrons. The number of hydrogen-bond donors (Lipinski definition) is 2. The van der Waals surface area contributed by atoms with Crippen molar-refractivity contribution < 1.29 is 10.2 Å². The Morgan fingerprint density at radius 2 is 1.85 bits per heavy atom. The monoisotopic (exact) mass is 197 g/mol. The van der Waals surface area contributed by atoms with E-state index in [1.807, 2.05) is 0 Å². The minimum Gasteiger partial charge on any atom is -0.504 e. The Kier molecular flexibility index (Phi) is 3.65. The first-order chi connectivity index (χ1) is 6.30. The molecule has 0 aromatic carbocycles. The maximum absolute atomic E-state index is 8.53.